The Bertz CT molecular complexity index is 378. The van der Waals surface area contributed by atoms with Gasteiger partial charge in [-0.3, -0.25) is 15.2 Å². The summed E-state index contributed by atoms with van der Waals surface area (Å²) in [5, 5.41) is 5.07. The summed E-state index contributed by atoms with van der Waals surface area (Å²) < 4.78 is 0. The van der Waals surface area contributed by atoms with Crippen molar-refractivity contribution in [2.45, 2.75) is 12.8 Å². The predicted octanol–water partition coefficient (Wildman–Crippen LogP) is 0.690. The molecular weight excluding hydrogens is 202 g/mol. The van der Waals surface area contributed by atoms with Gasteiger partial charge in [0.15, 0.2) is 0 Å². The molecule has 0 aliphatic carbocycles. The molecule has 0 unspecified atom stereocenters. The predicted molar refractivity (Wildman–Crippen MR) is 64.2 cm³/mol. The number of benzene rings is 1. The molecule has 2 rings (SSSR count). The first-order valence-electron chi connectivity index (χ1n) is 5.61. The van der Waals surface area contributed by atoms with Crippen molar-refractivity contribution in [3.63, 3.8) is 0 Å². The number of carbonyl (C=O) groups excluding carboxylic acids is 1. The lowest BCUT2D eigenvalue weighted by atomic mass is 10.1. The molecular formula is C12H17N3O. The lowest BCUT2D eigenvalue weighted by Crippen LogP contribution is -2.33. The minimum atomic E-state index is 0.100. The molecule has 1 aromatic rings. The minimum absolute atomic E-state index is 0.100. The molecule has 1 fully saturated rings. The zero-order chi connectivity index (χ0) is 11.4. The molecule has 1 saturated heterocycles. The van der Waals surface area contributed by atoms with Crippen molar-refractivity contribution in [1.29, 1.82) is 0 Å². The molecule has 0 bridgehead atoms. The van der Waals surface area contributed by atoms with Crippen LogP contribution in [0.4, 0.5) is 5.69 Å². The Morgan fingerprint density at radius 3 is 2.94 bits per heavy atom. The van der Waals surface area contributed by atoms with Gasteiger partial charge in [0.1, 0.15) is 0 Å². The number of rotatable bonds is 4. The smallest absolute Gasteiger partial charge is 0.240 e. The highest BCUT2D eigenvalue weighted by molar-refractivity contribution is 5.81. The van der Waals surface area contributed by atoms with Gasteiger partial charge in [-0.1, -0.05) is 18.2 Å². The van der Waals surface area contributed by atoms with Crippen LogP contribution in [0.3, 0.4) is 0 Å². The van der Waals surface area contributed by atoms with E-state index in [0.717, 1.165) is 25.2 Å². The third-order valence-corrected chi connectivity index (χ3v) is 2.75. The maximum atomic E-state index is 11.2. The van der Waals surface area contributed by atoms with Gasteiger partial charge in [-0.25, -0.2) is 0 Å². The fourth-order valence-corrected chi connectivity index (χ4v) is 1.90. The van der Waals surface area contributed by atoms with E-state index < -0.39 is 0 Å². The van der Waals surface area contributed by atoms with E-state index in [1.807, 2.05) is 24.2 Å². The maximum Gasteiger partial charge on any atom is 0.240 e. The number of carbonyl (C=O) groups is 1. The van der Waals surface area contributed by atoms with Crippen LogP contribution in [-0.4, -0.2) is 26.0 Å². The summed E-state index contributed by atoms with van der Waals surface area (Å²) in [6, 6.07) is 8.20. The Hall–Kier alpha value is -1.55. The molecule has 2 N–H and O–H groups in total. The summed E-state index contributed by atoms with van der Waals surface area (Å²) in [7, 11) is 1.94. The summed E-state index contributed by atoms with van der Waals surface area (Å²) in [5.74, 6) is 0.100. The van der Waals surface area contributed by atoms with Crippen molar-refractivity contribution in [3.8, 4) is 0 Å². The topological polar surface area (TPSA) is 44.4 Å². The summed E-state index contributed by atoms with van der Waals surface area (Å²) >= 11 is 0. The average molecular weight is 219 g/mol. The Kier molecular flexibility index (Phi) is 3.41. The van der Waals surface area contributed by atoms with Crippen LogP contribution in [0, 0.1) is 0 Å². The molecule has 1 amide bonds. The average Bonchev–Trinajstić information content (AvgIpc) is 2.73. The molecule has 86 valence electrons. The molecule has 1 heterocycles. The number of likely N-dealkylation sites (N-methyl/N-ethyl adjacent to an activating group) is 1. The van der Waals surface area contributed by atoms with Gasteiger partial charge < -0.3 is 5.32 Å². The number of nitrogens with one attached hydrogen (secondary N) is 2. The largest absolute Gasteiger partial charge is 0.319 e. The monoisotopic (exact) mass is 219 g/mol. The lowest BCUT2D eigenvalue weighted by Gasteiger charge is -2.20. The number of hydrogen-bond acceptors (Lipinski definition) is 3. The highest BCUT2D eigenvalue weighted by atomic mass is 16.2. The normalized spacial score (nSPS) is 15.3. The number of amides is 1. The van der Waals surface area contributed by atoms with E-state index in [2.05, 4.69) is 22.9 Å². The summed E-state index contributed by atoms with van der Waals surface area (Å²) in [4.78, 5) is 11.2. The highest BCUT2D eigenvalue weighted by Crippen LogP contribution is 2.21. The van der Waals surface area contributed by atoms with Crippen LogP contribution >= 0.6 is 0 Å². The first-order chi connectivity index (χ1) is 7.81. The third-order valence-electron chi connectivity index (χ3n) is 2.75. The van der Waals surface area contributed by atoms with Gasteiger partial charge in [-0.15, -0.1) is 0 Å². The van der Waals surface area contributed by atoms with Gasteiger partial charge in [-0.2, -0.15) is 0 Å². The van der Waals surface area contributed by atoms with Crippen molar-refractivity contribution >= 4 is 11.6 Å². The molecule has 0 atom stereocenters. The number of para-hydroxylation sites is 1. The molecule has 1 aliphatic rings. The molecule has 0 saturated carbocycles. The minimum Gasteiger partial charge on any atom is -0.319 e. The number of anilines is 1. The number of hydrogen-bond donors (Lipinski definition) is 2. The SMILES string of the molecule is CNCCc1ccccc1N1CCC(=O)N1. The quantitative estimate of drug-likeness (QED) is 0.783. The molecule has 0 spiro atoms. The lowest BCUT2D eigenvalue weighted by molar-refractivity contribution is -0.119. The van der Waals surface area contributed by atoms with E-state index in [-0.39, 0.29) is 5.91 Å². The second kappa shape index (κ2) is 4.99. The van der Waals surface area contributed by atoms with Gasteiger partial charge in [-0.05, 0) is 31.6 Å². The van der Waals surface area contributed by atoms with Crippen molar-refractivity contribution in [3.05, 3.63) is 29.8 Å². The van der Waals surface area contributed by atoms with Crippen LogP contribution in [-0.2, 0) is 11.2 Å². The summed E-state index contributed by atoms with van der Waals surface area (Å²) in [5.41, 5.74) is 5.24. The van der Waals surface area contributed by atoms with Gasteiger partial charge in [0.25, 0.3) is 0 Å². The van der Waals surface area contributed by atoms with E-state index in [9.17, 15) is 4.79 Å². The third kappa shape index (κ3) is 2.33. The second-order valence-corrected chi connectivity index (χ2v) is 3.92. The van der Waals surface area contributed by atoms with Gasteiger partial charge in [0.05, 0.1) is 5.69 Å². The summed E-state index contributed by atoms with van der Waals surface area (Å²) in [6.07, 6.45) is 1.55. The Morgan fingerprint density at radius 2 is 2.25 bits per heavy atom. The fourth-order valence-electron chi connectivity index (χ4n) is 1.90. The standard InChI is InChI=1S/C12H17N3O/c1-13-8-6-10-4-2-3-5-11(10)15-9-7-12(16)14-15/h2-5,13H,6-9H2,1H3,(H,14,16). The van der Waals surface area contributed by atoms with Crippen LogP contribution in [0.25, 0.3) is 0 Å². The van der Waals surface area contributed by atoms with Crippen molar-refractivity contribution in [2.24, 2.45) is 0 Å². The first-order valence-corrected chi connectivity index (χ1v) is 5.61. The van der Waals surface area contributed by atoms with E-state index in [1.165, 1.54) is 5.56 Å². The van der Waals surface area contributed by atoms with Crippen LogP contribution < -0.4 is 15.8 Å². The van der Waals surface area contributed by atoms with Crippen molar-refractivity contribution in [1.82, 2.24) is 10.7 Å². The maximum absolute atomic E-state index is 11.2. The van der Waals surface area contributed by atoms with Crippen molar-refractivity contribution < 1.29 is 4.79 Å². The molecule has 1 aliphatic heterocycles. The van der Waals surface area contributed by atoms with E-state index in [1.54, 1.807) is 0 Å². The molecule has 0 radical (unpaired) electrons. The van der Waals surface area contributed by atoms with E-state index in [0.29, 0.717) is 6.42 Å². The first kappa shape index (κ1) is 11.0. The molecule has 4 heteroatoms. The van der Waals surface area contributed by atoms with Crippen molar-refractivity contribution in [2.75, 3.05) is 25.1 Å². The summed E-state index contributed by atoms with van der Waals surface area (Å²) in [6.45, 7) is 1.70. The van der Waals surface area contributed by atoms with E-state index in [4.69, 9.17) is 0 Å². The molecule has 0 aromatic heterocycles. The molecule has 16 heavy (non-hydrogen) atoms. The van der Waals surface area contributed by atoms with Crippen LogP contribution in [0.5, 0.6) is 0 Å². The Balaban J connectivity index is 2.15. The highest BCUT2D eigenvalue weighted by Gasteiger charge is 2.20. The van der Waals surface area contributed by atoms with Crippen LogP contribution in [0.15, 0.2) is 24.3 Å². The van der Waals surface area contributed by atoms with Gasteiger partial charge >= 0.3 is 0 Å². The zero-order valence-electron chi connectivity index (χ0n) is 9.49. The fraction of sp³-hybridized carbons (Fsp3) is 0.417. The molecule has 1 aromatic carbocycles. The van der Waals surface area contributed by atoms with Gasteiger partial charge in [0, 0.05) is 13.0 Å². The number of hydrazine groups is 1. The van der Waals surface area contributed by atoms with Crippen LogP contribution in [0.2, 0.25) is 0 Å². The number of nitrogens with zero attached hydrogens (tertiary/aromatic N) is 1. The van der Waals surface area contributed by atoms with E-state index >= 15 is 0 Å². The van der Waals surface area contributed by atoms with Gasteiger partial charge in [0.2, 0.25) is 5.91 Å². The Morgan fingerprint density at radius 1 is 1.44 bits per heavy atom. The molecule has 4 nitrogen and oxygen atoms in total. The second-order valence-electron chi connectivity index (χ2n) is 3.92. The Labute approximate surface area is 95.6 Å². The zero-order valence-corrected chi connectivity index (χ0v) is 9.49. The van der Waals surface area contributed by atoms with Crippen LogP contribution in [0.1, 0.15) is 12.0 Å².